The lowest BCUT2D eigenvalue weighted by atomic mass is 10.2. The van der Waals surface area contributed by atoms with E-state index in [4.69, 9.17) is 0 Å². The van der Waals surface area contributed by atoms with Gasteiger partial charge in [0, 0.05) is 19.4 Å². The molecule has 5 nitrogen and oxygen atoms in total. The van der Waals surface area contributed by atoms with Crippen molar-refractivity contribution >= 4 is 11.2 Å². The monoisotopic (exact) mass is 368 g/mol. The van der Waals surface area contributed by atoms with Crippen molar-refractivity contribution < 1.29 is 17.6 Å². The molecule has 0 spiro atoms. The summed E-state index contributed by atoms with van der Waals surface area (Å²) in [4.78, 5) is 21.3. The highest BCUT2D eigenvalue weighted by Gasteiger charge is 2.27. The molecule has 0 saturated carbocycles. The lowest BCUT2D eigenvalue weighted by Gasteiger charge is -2.13. The van der Waals surface area contributed by atoms with E-state index in [1.165, 1.54) is 35.2 Å². The van der Waals surface area contributed by atoms with E-state index in [0.29, 0.717) is 17.9 Å². The number of aryl methyl sites for hydroxylation is 2. The second-order valence-corrected chi connectivity index (χ2v) is 5.82. The van der Waals surface area contributed by atoms with Gasteiger partial charge in [-0.25, -0.2) is 14.4 Å². The number of nitrogens with zero attached hydrogens (tertiary/aromatic N) is 4. The van der Waals surface area contributed by atoms with Crippen molar-refractivity contribution in [2.75, 3.05) is 0 Å². The lowest BCUT2D eigenvalue weighted by molar-refractivity contribution is -0.135. The molecule has 0 aliphatic rings. The van der Waals surface area contributed by atoms with Crippen molar-refractivity contribution in [1.82, 2.24) is 19.1 Å². The van der Waals surface area contributed by atoms with Crippen LogP contribution in [0.25, 0.3) is 16.9 Å². The van der Waals surface area contributed by atoms with Crippen molar-refractivity contribution in [3.63, 3.8) is 0 Å². The van der Waals surface area contributed by atoms with Gasteiger partial charge in [0.15, 0.2) is 11.2 Å². The number of imidazole rings is 1. The van der Waals surface area contributed by atoms with Crippen LogP contribution >= 0.6 is 0 Å². The van der Waals surface area contributed by atoms with Gasteiger partial charge in [-0.1, -0.05) is 0 Å². The van der Waals surface area contributed by atoms with Gasteiger partial charge in [-0.2, -0.15) is 13.2 Å². The van der Waals surface area contributed by atoms with Crippen LogP contribution < -0.4 is 5.56 Å². The molecule has 3 rings (SSSR count). The zero-order chi connectivity index (χ0) is 18.9. The summed E-state index contributed by atoms with van der Waals surface area (Å²) in [6.45, 7) is 2.36. The van der Waals surface area contributed by atoms with E-state index in [9.17, 15) is 22.4 Å². The first-order valence-corrected chi connectivity index (χ1v) is 8.09. The molecule has 1 aromatic carbocycles. The van der Waals surface area contributed by atoms with Gasteiger partial charge in [0.05, 0.1) is 12.0 Å². The third kappa shape index (κ3) is 3.61. The molecule has 2 heterocycles. The fourth-order valence-electron chi connectivity index (χ4n) is 2.74. The Morgan fingerprint density at radius 1 is 1.15 bits per heavy atom. The van der Waals surface area contributed by atoms with E-state index in [1.54, 1.807) is 4.57 Å². The van der Waals surface area contributed by atoms with E-state index in [1.807, 2.05) is 6.92 Å². The summed E-state index contributed by atoms with van der Waals surface area (Å²) < 4.78 is 53.5. The van der Waals surface area contributed by atoms with Crippen LogP contribution in [0, 0.1) is 5.82 Å². The predicted octanol–water partition coefficient (Wildman–Crippen LogP) is 3.63. The summed E-state index contributed by atoms with van der Waals surface area (Å²) in [5.74, 6) is -0.293. The highest BCUT2D eigenvalue weighted by molar-refractivity contribution is 5.70. The minimum Gasteiger partial charge on any atom is -0.315 e. The van der Waals surface area contributed by atoms with Crippen LogP contribution in [0.5, 0.6) is 0 Å². The Morgan fingerprint density at radius 2 is 1.85 bits per heavy atom. The summed E-state index contributed by atoms with van der Waals surface area (Å²) in [6, 6.07) is 5.12. The van der Waals surface area contributed by atoms with Crippen molar-refractivity contribution in [3.8, 4) is 5.69 Å². The van der Waals surface area contributed by atoms with Gasteiger partial charge in [-0.15, -0.1) is 0 Å². The molecule has 0 aliphatic heterocycles. The SMILES string of the molecule is CCn1cnc2c(=O)n(-c3ccc(F)cc3)c(CCCC(F)(F)F)nc21. The van der Waals surface area contributed by atoms with Gasteiger partial charge in [-0.3, -0.25) is 9.36 Å². The summed E-state index contributed by atoms with van der Waals surface area (Å²) >= 11 is 0. The van der Waals surface area contributed by atoms with Crippen LogP contribution in [0.3, 0.4) is 0 Å². The average molecular weight is 368 g/mol. The Kier molecular flexibility index (Phi) is 4.80. The smallest absolute Gasteiger partial charge is 0.315 e. The van der Waals surface area contributed by atoms with Gasteiger partial charge in [0.2, 0.25) is 0 Å². The summed E-state index contributed by atoms with van der Waals surface area (Å²) in [7, 11) is 0. The molecule has 0 saturated heterocycles. The number of fused-ring (bicyclic) bond motifs is 1. The van der Waals surface area contributed by atoms with E-state index in [2.05, 4.69) is 9.97 Å². The first-order valence-electron chi connectivity index (χ1n) is 8.09. The van der Waals surface area contributed by atoms with Crippen LogP contribution in [-0.4, -0.2) is 25.3 Å². The van der Waals surface area contributed by atoms with Gasteiger partial charge < -0.3 is 4.57 Å². The standard InChI is InChI=1S/C17H16F4N4O/c1-2-24-10-22-14-15(24)23-13(4-3-9-17(19,20)21)25(16(14)26)12-7-5-11(18)6-8-12/h5-8,10H,2-4,9H2,1H3. The van der Waals surface area contributed by atoms with E-state index >= 15 is 0 Å². The Balaban J connectivity index is 2.13. The molecule has 138 valence electrons. The minimum atomic E-state index is -4.28. The summed E-state index contributed by atoms with van der Waals surface area (Å²) in [5, 5.41) is 0. The number of benzene rings is 1. The highest BCUT2D eigenvalue weighted by Crippen LogP contribution is 2.23. The summed E-state index contributed by atoms with van der Waals surface area (Å²) in [5.41, 5.74) is 0.295. The molecule has 2 aromatic heterocycles. The Bertz CT molecular complexity index is 973. The van der Waals surface area contributed by atoms with E-state index in [0.717, 1.165) is 0 Å². The Labute approximate surface area is 145 Å². The third-order valence-corrected chi connectivity index (χ3v) is 3.99. The Morgan fingerprint density at radius 3 is 2.46 bits per heavy atom. The molecule has 0 amide bonds. The maximum absolute atomic E-state index is 13.2. The van der Waals surface area contributed by atoms with Crippen LogP contribution in [-0.2, 0) is 13.0 Å². The predicted molar refractivity (Wildman–Crippen MR) is 87.8 cm³/mol. The van der Waals surface area contributed by atoms with Crippen LogP contribution in [0.15, 0.2) is 35.4 Å². The van der Waals surface area contributed by atoms with Gasteiger partial charge >= 0.3 is 6.18 Å². The minimum absolute atomic E-state index is 0.0447. The lowest BCUT2D eigenvalue weighted by Crippen LogP contribution is -2.25. The maximum atomic E-state index is 13.2. The number of rotatable bonds is 5. The molecule has 0 bridgehead atoms. The first kappa shape index (κ1) is 18.1. The number of aromatic nitrogens is 4. The van der Waals surface area contributed by atoms with Crippen molar-refractivity contribution in [3.05, 3.63) is 52.6 Å². The second-order valence-electron chi connectivity index (χ2n) is 5.82. The van der Waals surface area contributed by atoms with Crippen molar-refractivity contribution in [1.29, 1.82) is 0 Å². The fourth-order valence-corrected chi connectivity index (χ4v) is 2.74. The molecule has 0 fully saturated rings. The molecular weight excluding hydrogens is 352 g/mol. The molecule has 3 aromatic rings. The van der Waals surface area contributed by atoms with Gasteiger partial charge in [0.25, 0.3) is 5.56 Å². The van der Waals surface area contributed by atoms with Gasteiger partial charge in [-0.05, 0) is 37.6 Å². The highest BCUT2D eigenvalue weighted by atomic mass is 19.4. The third-order valence-electron chi connectivity index (χ3n) is 3.99. The molecule has 0 aliphatic carbocycles. The first-order chi connectivity index (χ1) is 12.3. The number of hydrogen-bond donors (Lipinski definition) is 0. The van der Waals surface area contributed by atoms with Crippen LogP contribution in [0.2, 0.25) is 0 Å². The van der Waals surface area contributed by atoms with Crippen LogP contribution in [0.1, 0.15) is 25.6 Å². The van der Waals surface area contributed by atoms with E-state index in [-0.39, 0.29) is 24.2 Å². The average Bonchev–Trinajstić information content (AvgIpc) is 2.98. The van der Waals surface area contributed by atoms with Crippen LogP contribution in [0.4, 0.5) is 17.6 Å². The number of hydrogen-bond acceptors (Lipinski definition) is 3. The molecule has 0 N–H and O–H groups in total. The number of alkyl halides is 3. The molecule has 9 heteroatoms. The largest absolute Gasteiger partial charge is 0.389 e. The molecule has 0 atom stereocenters. The second kappa shape index (κ2) is 6.89. The summed E-state index contributed by atoms with van der Waals surface area (Å²) in [6.07, 6.45) is -4.04. The quantitative estimate of drug-likeness (QED) is 0.647. The van der Waals surface area contributed by atoms with Crippen molar-refractivity contribution in [2.24, 2.45) is 0 Å². The fraction of sp³-hybridized carbons (Fsp3) is 0.353. The zero-order valence-electron chi connectivity index (χ0n) is 13.9. The van der Waals surface area contributed by atoms with Crippen molar-refractivity contribution in [2.45, 2.75) is 38.9 Å². The van der Waals surface area contributed by atoms with E-state index < -0.39 is 24.0 Å². The molecule has 26 heavy (non-hydrogen) atoms. The van der Waals surface area contributed by atoms with Gasteiger partial charge in [0.1, 0.15) is 11.6 Å². The molecule has 0 radical (unpaired) electrons. The zero-order valence-corrected chi connectivity index (χ0v) is 13.9. The topological polar surface area (TPSA) is 52.7 Å². The molecule has 0 unspecified atom stereocenters. The normalized spacial score (nSPS) is 12.0. The molecular formula is C17H16F4N4O. The Hall–Kier alpha value is -2.71. The maximum Gasteiger partial charge on any atom is 0.389 e. The number of halogens is 4.